The van der Waals surface area contributed by atoms with Gasteiger partial charge < -0.3 is 15.2 Å². The fraction of sp³-hybridized carbons (Fsp3) is 0.474. The number of carboxylic acid groups (broad SMARTS) is 1. The van der Waals surface area contributed by atoms with Crippen LogP contribution in [-0.4, -0.2) is 48.2 Å². The van der Waals surface area contributed by atoms with Crippen molar-refractivity contribution in [2.75, 3.05) is 31.6 Å². The van der Waals surface area contributed by atoms with E-state index in [1.165, 1.54) is 0 Å². The maximum atomic E-state index is 12.7. The number of benzene rings is 1. The van der Waals surface area contributed by atoms with Crippen molar-refractivity contribution in [2.24, 2.45) is 5.41 Å². The van der Waals surface area contributed by atoms with Crippen LogP contribution in [0.15, 0.2) is 36.4 Å². The van der Waals surface area contributed by atoms with Crippen molar-refractivity contribution in [3.8, 4) is 0 Å². The third kappa shape index (κ3) is 4.08. The van der Waals surface area contributed by atoms with Crippen LogP contribution in [0, 0.1) is 5.41 Å². The van der Waals surface area contributed by atoms with Crippen molar-refractivity contribution in [2.45, 2.75) is 25.8 Å². The molecule has 0 aromatic heterocycles. The summed E-state index contributed by atoms with van der Waals surface area (Å²) in [5.41, 5.74) is 0.369. The van der Waals surface area contributed by atoms with Crippen LogP contribution in [0.2, 0.25) is 0 Å². The molecule has 6 nitrogen and oxygen atoms in total. The van der Waals surface area contributed by atoms with Crippen molar-refractivity contribution in [3.05, 3.63) is 42.0 Å². The van der Waals surface area contributed by atoms with Crippen molar-refractivity contribution in [1.29, 1.82) is 0 Å². The van der Waals surface area contributed by atoms with E-state index in [9.17, 15) is 14.7 Å². The summed E-state index contributed by atoms with van der Waals surface area (Å²) < 4.78 is 5.35. The Morgan fingerprint density at radius 1 is 1.24 bits per heavy atom. The Hall–Kier alpha value is -2.18. The van der Waals surface area contributed by atoms with E-state index in [-0.39, 0.29) is 6.42 Å². The molecule has 2 aliphatic rings. The van der Waals surface area contributed by atoms with Gasteiger partial charge in [0.1, 0.15) is 5.41 Å². The molecule has 6 heteroatoms. The first-order chi connectivity index (χ1) is 12.1. The number of carbonyl (C=O) groups is 2. The number of allylic oxidation sites excluding steroid dienone is 2. The molecular formula is C19H24N2O4. The third-order valence-electron chi connectivity index (χ3n) is 4.91. The molecule has 0 bridgehead atoms. The summed E-state index contributed by atoms with van der Waals surface area (Å²) >= 11 is 0. The summed E-state index contributed by atoms with van der Waals surface area (Å²) in [4.78, 5) is 26.7. The van der Waals surface area contributed by atoms with Crippen LogP contribution in [0.4, 0.5) is 5.69 Å². The quantitative estimate of drug-likeness (QED) is 0.633. The van der Waals surface area contributed by atoms with Crippen LogP contribution in [0.1, 0.15) is 24.8 Å². The topological polar surface area (TPSA) is 78.9 Å². The van der Waals surface area contributed by atoms with Gasteiger partial charge >= 0.3 is 5.97 Å². The average molecular weight is 344 g/mol. The van der Waals surface area contributed by atoms with Crippen LogP contribution in [0.5, 0.6) is 0 Å². The van der Waals surface area contributed by atoms with E-state index in [0.29, 0.717) is 18.5 Å². The number of amides is 1. The van der Waals surface area contributed by atoms with E-state index >= 15 is 0 Å². The first-order valence-electron chi connectivity index (χ1n) is 8.69. The molecule has 0 spiro atoms. The minimum atomic E-state index is -1.37. The summed E-state index contributed by atoms with van der Waals surface area (Å²) in [6.07, 6.45) is 4.89. The number of carbonyl (C=O) groups excluding carboxylic acids is 1. The minimum Gasteiger partial charge on any atom is -0.480 e. The van der Waals surface area contributed by atoms with E-state index < -0.39 is 17.3 Å². The zero-order valence-electron chi connectivity index (χ0n) is 14.2. The summed E-state index contributed by atoms with van der Waals surface area (Å²) in [6.45, 7) is 4.06. The van der Waals surface area contributed by atoms with Crippen molar-refractivity contribution in [1.82, 2.24) is 4.90 Å². The molecule has 134 valence electrons. The fourth-order valence-corrected chi connectivity index (χ4v) is 3.35. The van der Waals surface area contributed by atoms with Crippen LogP contribution in [0.25, 0.3) is 0 Å². The number of rotatable bonds is 5. The summed E-state index contributed by atoms with van der Waals surface area (Å²) in [7, 11) is 0. The lowest BCUT2D eigenvalue weighted by Gasteiger charge is -2.29. The van der Waals surface area contributed by atoms with Crippen LogP contribution < -0.4 is 5.32 Å². The van der Waals surface area contributed by atoms with Gasteiger partial charge in [-0.2, -0.15) is 0 Å². The molecule has 2 N–H and O–H groups in total. The maximum absolute atomic E-state index is 12.7. The monoisotopic (exact) mass is 344 g/mol. The second kappa shape index (κ2) is 7.80. The lowest BCUT2D eigenvalue weighted by Crippen LogP contribution is -2.43. The van der Waals surface area contributed by atoms with Gasteiger partial charge in [-0.1, -0.05) is 24.3 Å². The summed E-state index contributed by atoms with van der Waals surface area (Å²) in [5.74, 6) is -1.49. The molecule has 1 amide bonds. The first kappa shape index (κ1) is 17.6. The zero-order valence-corrected chi connectivity index (χ0v) is 14.2. The van der Waals surface area contributed by atoms with E-state index in [2.05, 4.69) is 10.2 Å². The Labute approximate surface area is 147 Å². The van der Waals surface area contributed by atoms with Gasteiger partial charge in [0, 0.05) is 25.3 Å². The largest absolute Gasteiger partial charge is 0.480 e. The number of hydrogen-bond acceptors (Lipinski definition) is 4. The molecule has 1 fully saturated rings. The molecule has 1 unspecified atom stereocenters. The molecule has 1 aromatic rings. The van der Waals surface area contributed by atoms with Crippen molar-refractivity contribution in [3.63, 3.8) is 0 Å². The third-order valence-corrected chi connectivity index (χ3v) is 4.91. The van der Waals surface area contributed by atoms with Crippen LogP contribution in [-0.2, 0) is 20.9 Å². The molecular weight excluding hydrogens is 320 g/mol. The number of nitrogens with one attached hydrogen (secondary N) is 1. The number of hydrogen-bond donors (Lipinski definition) is 2. The molecule has 1 atom stereocenters. The fourth-order valence-electron chi connectivity index (χ4n) is 3.35. The average Bonchev–Trinajstić information content (AvgIpc) is 2.63. The zero-order chi connectivity index (χ0) is 17.7. The highest BCUT2D eigenvalue weighted by Crippen LogP contribution is 2.34. The van der Waals surface area contributed by atoms with Gasteiger partial charge in [-0.3, -0.25) is 14.5 Å². The molecule has 1 aliphatic carbocycles. The normalized spacial score (nSPS) is 24.0. The number of anilines is 1. The minimum absolute atomic E-state index is 0.238. The molecule has 1 aromatic carbocycles. The SMILES string of the molecule is O=C(O)C1(C(=O)Nc2cccc(CN3CCOCC3)c2)CC=CCC1. The van der Waals surface area contributed by atoms with Crippen LogP contribution in [0.3, 0.4) is 0 Å². The Kier molecular flexibility index (Phi) is 5.50. The summed E-state index contributed by atoms with van der Waals surface area (Å²) in [6, 6.07) is 7.62. The molecule has 1 heterocycles. The predicted molar refractivity (Wildman–Crippen MR) is 94.2 cm³/mol. The van der Waals surface area contributed by atoms with Gasteiger partial charge in [-0.25, -0.2) is 0 Å². The first-order valence-corrected chi connectivity index (χ1v) is 8.69. The highest BCUT2D eigenvalue weighted by atomic mass is 16.5. The Morgan fingerprint density at radius 2 is 2.04 bits per heavy atom. The lowest BCUT2D eigenvalue weighted by atomic mass is 9.76. The Morgan fingerprint density at radius 3 is 2.72 bits per heavy atom. The number of morpholine rings is 1. The molecule has 0 radical (unpaired) electrons. The number of nitrogens with zero attached hydrogens (tertiary/aromatic N) is 1. The van der Waals surface area contributed by atoms with E-state index in [1.807, 2.05) is 24.3 Å². The molecule has 3 rings (SSSR count). The van der Waals surface area contributed by atoms with Crippen molar-refractivity contribution >= 4 is 17.6 Å². The van der Waals surface area contributed by atoms with Gasteiger partial charge in [0.25, 0.3) is 0 Å². The highest BCUT2D eigenvalue weighted by molar-refractivity contribution is 6.08. The van der Waals surface area contributed by atoms with Gasteiger partial charge in [0.2, 0.25) is 5.91 Å². The van der Waals surface area contributed by atoms with E-state index in [1.54, 1.807) is 12.1 Å². The Bertz CT molecular complexity index is 667. The second-order valence-corrected chi connectivity index (χ2v) is 6.64. The maximum Gasteiger partial charge on any atom is 0.319 e. The lowest BCUT2D eigenvalue weighted by molar-refractivity contribution is -0.154. The molecule has 25 heavy (non-hydrogen) atoms. The van der Waals surface area contributed by atoms with Crippen molar-refractivity contribution < 1.29 is 19.4 Å². The van der Waals surface area contributed by atoms with Gasteiger partial charge in [-0.05, 0) is 37.0 Å². The number of carboxylic acids is 1. The standard InChI is InChI=1S/C19H24N2O4/c22-17(19(18(23)24)7-2-1-3-8-19)20-16-6-4-5-15(13-16)14-21-9-11-25-12-10-21/h1-2,4-6,13H,3,7-12,14H2,(H,20,22)(H,23,24). The van der Waals surface area contributed by atoms with E-state index in [4.69, 9.17) is 4.74 Å². The highest BCUT2D eigenvalue weighted by Gasteiger charge is 2.45. The van der Waals surface area contributed by atoms with E-state index in [0.717, 1.165) is 38.4 Å². The smallest absolute Gasteiger partial charge is 0.319 e. The molecule has 1 aliphatic heterocycles. The molecule has 0 saturated carbocycles. The molecule has 1 saturated heterocycles. The van der Waals surface area contributed by atoms with Gasteiger partial charge in [-0.15, -0.1) is 0 Å². The predicted octanol–water partition coefficient (Wildman–Crippen LogP) is 2.27. The van der Waals surface area contributed by atoms with Gasteiger partial charge in [0.15, 0.2) is 0 Å². The van der Waals surface area contributed by atoms with Gasteiger partial charge in [0.05, 0.1) is 13.2 Å². The second-order valence-electron chi connectivity index (χ2n) is 6.64. The van der Waals surface area contributed by atoms with Crippen LogP contribution >= 0.6 is 0 Å². The summed E-state index contributed by atoms with van der Waals surface area (Å²) in [5, 5.41) is 12.4. The number of aliphatic carboxylic acids is 1. The Balaban J connectivity index is 1.69. The number of ether oxygens (including phenoxy) is 1.